The summed E-state index contributed by atoms with van der Waals surface area (Å²) in [7, 11) is -3.93. The van der Waals surface area contributed by atoms with Gasteiger partial charge in [0.05, 0.1) is 17.4 Å². The summed E-state index contributed by atoms with van der Waals surface area (Å²) < 4.78 is 40.4. The Hall–Kier alpha value is -3.67. The van der Waals surface area contributed by atoms with E-state index in [-0.39, 0.29) is 49.7 Å². The minimum absolute atomic E-state index is 0.100. The van der Waals surface area contributed by atoms with E-state index in [1.807, 2.05) is 63.3 Å². The van der Waals surface area contributed by atoms with E-state index in [9.17, 15) is 22.8 Å². The maximum atomic E-state index is 14.2. The normalized spacial score (nSPS) is 30.7. The zero-order valence-electron chi connectivity index (χ0n) is 29.2. The number of benzene rings is 1. The highest BCUT2D eigenvalue weighted by Gasteiger charge is 2.63. The van der Waals surface area contributed by atoms with Gasteiger partial charge in [-0.25, -0.2) is 8.42 Å². The van der Waals surface area contributed by atoms with E-state index in [1.165, 1.54) is 0 Å². The van der Waals surface area contributed by atoms with E-state index in [0.717, 1.165) is 30.0 Å². The second-order valence-corrected chi connectivity index (χ2v) is 17.2. The van der Waals surface area contributed by atoms with Gasteiger partial charge in [0.2, 0.25) is 33.6 Å². The van der Waals surface area contributed by atoms with Gasteiger partial charge >= 0.3 is 0 Å². The van der Waals surface area contributed by atoms with Crippen molar-refractivity contribution in [2.75, 3.05) is 6.54 Å². The molecule has 0 spiro atoms. The first-order valence-corrected chi connectivity index (χ1v) is 19.3. The summed E-state index contributed by atoms with van der Waals surface area (Å²) in [6.45, 7) is 10.1. The molecule has 6 rings (SSSR count). The number of carbonyl (C=O) groups excluding carboxylic acids is 3. The quantitative estimate of drug-likeness (QED) is 0.366. The molecule has 3 amide bonds. The summed E-state index contributed by atoms with van der Waals surface area (Å²) in [5, 5.41) is 4.63. The van der Waals surface area contributed by atoms with Crippen molar-refractivity contribution in [2.45, 2.75) is 121 Å². The zero-order valence-corrected chi connectivity index (χ0v) is 30.1. The summed E-state index contributed by atoms with van der Waals surface area (Å²) in [5.41, 5.74) is -1.42. The molecule has 12 heteroatoms. The van der Waals surface area contributed by atoms with E-state index in [0.29, 0.717) is 36.9 Å². The Morgan fingerprint density at radius 3 is 2.61 bits per heavy atom. The third-order valence-electron chi connectivity index (χ3n) is 10.7. The molecule has 1 aromatic heterocycles. The highest BCUT2D eigenvalue weighted by Crippen LogP contribution is 2.49. The molecule has 3 heterocycles. The molecule has 4 aliphatic rings. The average Bonchev–Trinajstić information content (AvgIpc) is 3.93. The Bertz CT molecular complexity index is 1740. The summed E-state index contributed by atoms with van der Waals surface area (Å²) >= 11 is 0. The van der Waals surface area contributed by atoms with Crippen LogP contribution in [0.4, 0.5) is 0 Å². The van der Waals surface area contributed by atoms with Crippen molar-refractivity contribution in [3.63, 3.8) is 0 Å². The average molecular weight is 695 g/mol. The Kier molecular flexibility index (Phi) is 9.74. The first kappa shape index (κ1) is 35.2. The lowest BCUT2D eigenvalue weighted by Gasteiger charge is -2.28. The topological polar surface area (TPSA) is 144 Å². The monoisotopic (exact) mass is 694 g/mol. The molecular weight excluding hydrogens is 644 g/mol. The molecule has 2 N–H and O–H groups in total. The predicted octanol–water partition coefficient (Wildman–Crippen LogP) is 5.04. The van der Waals surface area contributed by atoms with Crippen LogP contribution in [-0.2, 0) is 24.4 Å². The number of nitrogens with one attached hydrogen (secondary N) is 2. The van der Waals surface area contributed by atoms with Gasteiger partial charge in [-0.1, -0.05) is 51.1 Å². The van der Waals surface area contributed by atoms with Gasteiger partial charge in [-0.05, 0) is 82.1 Å². The highest BCUT2D eigenvalue weighted by molar-refractivity contribution is 7.91. The fourth-order valence-electron chi connectivity index (χ4n) is 7.60. The molecule has 1 aromatic carbocycles. The number of aromatic nitrogens is 1. The molecule has 0 unspecified atom stereocenters. The maximum absolute atomic E-state index is 14.2. The molecule has 6 atom stereocenters. The molecule has 2 aliphatic carbocycles. The summed E-state index contributed by atoms with van der Waals surface area (Å²) in [4.78, 5) is 48.2. The fourth-order valence-corrected chi connectivity index (χ4v) is 9.26. The number of hydrogen-bond donors (Lipinski definition) is 2. The van der Waals surface area contributed by atoms with E-state index in [2.05, 4.69) is 28.9 Å². The van der Waals surface area contributed by atoms with Gasteiger partial charge in [-0.3, -0.25) is 19.1 Å². The molecule has 1 saturated heterocycles. The van der Waals surface area contributed by atoms with Crippen LogP contribution in [-0.4, -0.2) is 71.1 Å². The maximum Gasteiger partial charge on any atom is 0.259 e. The number of carbonyl (C=O) groups is 3. The highest BCUT2D eigenvalue weighted by atomic mass is 32.2. The number of amides is 3. The minimum atomic E-state index is -3.93. The van der Waals surface area contributed by atoms with Crippen LogP contribution in [0.25, 0.3) is 10.8 Å². The van der Waals surface area contributed by atoms with Crippen molar-refractivity contribution in [2.24, 2.45) is 17.8 Å². The molecule has 11 nitrogen and oxygen atoms in total. The fraction of sp³-hybridized carbons (Fsp3) is 0.622. The number of pyridine rings is 1. The number of fused-ring (bicyclic) bond motifs is 3. The summed E-state index contributed by atoms with van der Waals surface area (Å²) in [5.74, 6) is -0.466. The zero-order chi connectivity index (χ0) is 35.1. The Morgan fingerprint density at radius 2 is 1.90 bits per heavy atom. The second-order valence-electron chi connectivity index (χ2n) is 15.1. The number of sulfonamides is 1. The van der Waals surface area contributed by atoms with Crippen molar-refractivity contribution in [1.82, 2.24) is 19.9 Å². The van der Waals surface area contributed by atoms with E-state index >= 15 is 0 Å². The van der Waals surface area contributed by atoms with Gasteiger partial charge in [-0.2, -0.15) is 4.98 Å². The Balaban J connectivity index is 1.29. The first-order valence-electron chi connectivity index (χ1n) is 17.8. The van der Waals surface area contributed by atoms with Gasteiger partial charge in [0.1, 0.15) is 17.7 Å². The lowest BCUT2D eigenvalue weighted by atomic mass is 9.91. The van der Waals surface area contributed by atoms with Crippen LogP contribution >= 0.6 is 0 Å². The second kappa shape index (κ2) is 13.6. The molecule has 49 heavy (non-hydrogen) atoms. The Labute approximate surface area is 289 Å². The number of rotatable bonds is 8. The molecule has 266 valence electrons. The standard InChI is InChI=1S/C37H50N4O7S/c1-6-36(15-16-36)49(45,46)40-35(44)37-21-27(37)13-9-7-11-24(4)17-25(5)18-32(42)41-22-28(20-30(41)33(43)39-37)48-34-29-14-10-8-12-26(29)19-31(38-34)47-23(2)3/h8-10,12-14,19,23-25,27-28,30H,6-7,11,15-18,20-22H2,1-5H3,(H,39,43)(H,40,44)/b13-9-/t24-,25+,27+,28+,30-,37+/m0/s1. The molecule has 2 aliphatic heterocycles. The molecular formula is C37H50N4O7S. The minimum Gasteiger partial charge on any atom is -0.475 e. The van der Waals surface area contributed by atoms with Crippen LogP contribution in [0.3, 0.4) is 0 Å². The van der Waals surface area contributed by atoms with E-state index in [1.54, 1.807) is 4.90 Å². The van der Waals surface area contributed by atoms with Crippen molar-refractivity contribution >= 4 is 38.5 Å². The number of hydrogen-bond acceptors (Lipinski definition) is 8. The van der Waals surface area contributed by atoms with Gasteiger partial charge < -0.3 is 19.7 Å². The van der Waals surface area contributed by atoms with Crippen LogP contribution in [0.5, 0.6) is 11.8 Å². The van der Waals surface area contributed by atoms with Crippen molar-refractivity contribution in [3.05, 3.63) is 42.5 Å². The van der Waals surface area contributed by atoms with Crippen LogP contribution in [0.2, 0.25) is 0 Å². The van der Waals surface area contributed by atoms with Gasteiger partial charge in [0, 0.05) is 30.2 Å². The van der Waals surface area contributed by atoms with Crippen molar-refractivity contribution < 1.29 is 32.3 Å². The largest absolute Gasteiger partial charge is 0.475 e. The molecule has 0 bridgehead atoms. The van der Waals surface area contributed by atoms with Crippen molar-refractivity contribution in [3.8, 4) is 11.8 Å². The summed E-state index contributed by atoms with van der Waals surface area (Å²) in [6.07, 6.45) is 8.04. The lowest BCUT2D eigenvalue weighted by Crippen LogP contribution is -2.57. The Morgan fingerprint density at radius 1 is 1.14 bits per heavy atom. The van der Waals surface area contributed by atoms with Crippen LogP contribution in [0, 0.1) is 17.8 Å². The summed E-state index contributed by atoms with van der Waals surface area (Å²) in [6, 6.07) is 8.63. The molecule has 0 radical (unpaired) electrons. The van der Waals surface area contributed by atoms with E-state index < -0.39 is 44.3 Å². The van der Waals surface area contributed by atoms with Gasteiger partial charge in [0.25, 0.3) is 5.91 Å². The number of nitrogens with zero attached hydrogens (tertiary/aromatic N) is 2. The van der Waals surface area contributed by atoms with Gasteiger partial charge in [-0.15, -0.1) is 0 Å². The van der Waals surface area contributed by atoms with Crippen molar-refractivity contribution in [1.29, 1.82) is 0 Å². The number of ether oxygens (including phenoxy) is 2. The van der Waals surface area contributed by atoms with Crippen LogP contribution in [0.1, 0.15) is 92.4 Å². The lowest BCUT2D eigenvalue weighted by molar-refractivity contribution is -0.140. The van der Waals surface area contributed by atoms with E-state index in [4.69, 9.17) is 9.47 Å². The molecule has 3 fully saturated rings. The third-order valence-corrected chi connectivity index (χ3v) is 13.0. The SMILES string of the molecule is CCC1(S(=O)(=O)NC(=O)[C@@]23C[C@H]2/C=C\CC[C@H](C)C[C@@H](C)CC(=O)N2C[C@H](Oc4nc(OC(C)C)cc5ccccc45)C[C@H]2C(=O)N3)CC1. The molecule has 2 aromatic rings. The smallest absolute Gasteiger partial charge is 0.259 e. The number of allylic oxidation sites excluding steroid dienone is 1. The predicted molar refractivity (Wildman–Crippen MR) is 186 cm³/mol. The van der Waals surface area contributed by atoms with Gasteiger partial charge in [0.15, 0.2) is 0 Å². The first-order chi connectivity index (χ1) is 23.3. The van der Waals surface area contributed by atoms with Crippen LogP contribution in [0.15, 0.2) is 42.5 Å². The van der Waals surface area contributed by atoms with Crippen LogP contribution < -0.4 is 19.5 Å². The molecule has 2 saturated carbocycles. The third kappa shape index (κ3) is 7.30.